The Morgan fingerprint density at radius 3 is 2.67 bits per heavy atom. The molecule has 0 aliphatic heterocycles. The summed E-state index contributed by atoms with van der Waals surface area (Å²) in [7, 11) is 0. The summed E-state index contributed by atoms with van der Waals surface area (Å²) in [6, 6.07) is 8.06. The predicted octanol–water partition coefficient (Wildman–Crippen LogP) is 4.06. The number of hydrogen-bond donors (Lipinski definition) is 2. The molecular weight excluding hydrogens is 260 g/mol. The lowest BCUT2D eigenvalue weighted by Crippen LogP contribution is -2.33. The Kier molecular flexibility index (Phi) is 5.66. The number of amides is 1. The molecule has 0 heterocycles. The highest BCUT2D eigenvalue weighted by Gasteiger charge is 2.22. The van der Waals surface area contributed by atoms with Gasteiger partial charge < -0.3 is 10.6 Å². The van der Waals surface area contributed by atoms with Crippen LogP contribution >= 0.6 is 0 Å². The van der Waals surface area contributed by atoms with Gasteiger partial charge in [-0.1, -0.05) is 38.3 Å². The highest BCUT2D eigenvalue weighted by molar-refractivity contribution is 5.99. The second-order valence-corrected chi connectivity index (χ2v) is 6.58. The van der Waals surface area contributed by atoms with Gasteiger partial charge in [0.05, 0.1) is 5.56 Å². The molecule has 2 unspecified atom stereocenters. The van der Waals surface area contributed by atoms with E-state index in [1.165, 1.54) is 25.7 Å². The first-order valence-electron chi connectivity index (χ1n) is 8.21. The molecule has 2 rings (SSSR count). The maximum Gasteiger partial charge on any atom is 0.253 e. The van der Waals surface area contributed by atoms with Crippen LogP contribution in [0.15, 0.2) is 24.3 Å². The summed E-state index contributed by atoms with van der Waals surface area (Å²) in [5.74, 6) is 1.40. The molecule has 1 saturated carbocycles. The van der Waals surface area contributed by atoms with Gasteiger partial charge in [-0.05, 0) is 44.2 Å². The molecule has 1 aliphatic carbocycles. The number of hydrogen-bond acceptors (Lipinski definition) is 2. The zero-order chi connectivity index (χ0) is 15.2. The van der Waals surface area contributed by atoms with Gasteiger partial charge in [0.15, 0.2) is 0 Å². The number of anilines is 1. The van der Waals surface area contributed by atoms with Crippen LogP contribution in [0.5, 0.6) is 0 Å². The molecule has 3 heteroatoms. The van der Waals surface area contributed by atoms with Crippen molar-refractivity contribution in [3.8, 4) is 0 Å². The van der Waals surface area contributed by atoms with Gasteiger partial charge in [-0.25, -0.2) is 0 Å². The third-order valence-corrected chi connectivity index (χ3v) is 4.43. The van der Waals surface area contributed by atoms with Crippen LogP contribution in [0.1, 0.15) is 56.8 Å². The topological polar surface area (TPSA) is 41.1 Å². The van der Waals surface area contributed by atoms with Gasteiger partial charge >= 0.3 is 0 Å². The summed E-state index contributed by atoms with van der Waals surface area (Å²) in [5, 5.41) is 6.47. The first kappa shape index (κ1) is 15.9. The van der Waals surface area contributed by atoms with Crippen molar-refractivity contribution in [2.24, 2.45) is 11.8 Å². The fourth-order valence-corrected chi connectivity index (χ4v) is 3.13. The van der Waals surface area contributed by atoms with Crippen LogP contribution in [-0.2, 0) is 0 Å². The van der Waals surface area contributed by atoms with E-state index in [0.717, 1.165) is 23.7 Å². The molecule has 0 saturated heterocycles. The van der Waals surface area contributed by atoms with Crippen LogP contribution in [0, 0.1) is 11.8 Å². The van der Waals surface area contributed by atoms with E-state index in [1.54, 1.807) is 0 Å². The molecule has 116 valence electrons. The Bertz CT molecular complexity index is 470. The van der Waals surface area contributed by atoms with Crippen molar-refractivity contribution in [3.05, 3.63) is 29.8 Å². The highest BCUT2D eigenvalue weighted by Crippen LogP contribution is 2.29. The summed E-state index contributed by atoms with van der Waals surface area (Å²) in [6.07, 6.45) is 5.18. The molecule has 1 fully saturated rings. The minimum Gasteiger partial charge on any atom is -0.382 e. The summed E-state index contributed by atoms with van der Waals surface area (Å²) >= 11 is 0. The van der Waals surface area contributed by atoms with E-state index in [4.69, 9.17) is 0 Å². The van der Waals surface area contributed by atoms with Crippen molar-refractivity contribution >= 4 is 11.6 Å². The molecule has 1 aliphatic rings. The highest BCUT2D eigenvalue weighted by atomic mass is 16.1. The van der Waals surface area contributed by atoms with Gasteiger partial charge in [0, 0.05) is 18.3 Å². The Hall–Kier alpha value is -1.51. The molecule has 1 aromatic rings. The number of carbonyl (C=O) groups is 1. The van der Waals surface area contributed by atoms with Crippen molar-refractivity contribution < 1.29 is 4.79 Å². The minimum absolute atomic E-state index is 0.0384. The van der Waals surface area contributed by atoms with Gasteiger partial charge in [-0.2, -0.15) is 0 Å². The summed E-state index contributed by atoms with van der Waals surface area (Å²) in [6.45, 7) is 7.27. The van der Waals surface area contributed by atoms with Gasteiger partial charge in [-0.3, -0.25) is 4.79 Å². The average Bonchev–Trinajstić information content (AvgIpc) is 2.46. The van der Waals surface area contributed by atoms with Crippen LogP contribution in [0.25, 0.3) is 0 Å². The van der Waals surface area contributed by atoms with E-state index in [9.17, 15) is 4.79 Å². The largest absolute Gasteiger partial charge is 0.382 e. The van der Waals surface area contributed by atoms with E-state index >= 15 is 0 Å². The van der Waals surface area contributed by atoms with Crippen molar-refractivity contribution in [3.63, 3.8) is 0 Å². The van der Waals surface area contributed by atoms with Crippen molar-refractivity contribution in [1.82, 2.24) is 5.32 Å². The normalized spacial score (nSPS) is 22.1. The molecule has 3 nitrogen and oxygen atoms in total. The number of benzene rings is 1. The van der Waals surface area contributed by atoms with Crippen molar-refractivity contribution in [2.75, 3.05) is 11.9 Å². The maximum absolute atomic E-state index is 12.4. The molecule has 0 bridgehead atoms. The molecular formula is C18H28N2O. The molecule has 2 N–H and O–H groups in total. The monoisotopic (exact) mass is 288 g/mol. The predicted molar refractivity (Wildman–Crippen MR) is 88.7 cm³/mol. The lowest BCUT2D eigenvalue weighted by atomic mass is 9.80. The van der Waals surface area contributed by atoms with Gasteiger partial charge in [0.2, 0.25) is 0 Å². The Morgan fingerprint density at radius 2 is 1.95 bits per heavy atom. The zero-order valence-electron chi connectivity index (χ0n) is 13.5. The third-order valence-electron chi connectivity index (χ3n) is 4.43. The van der Waals surface area contributed by atoms with Gasteiger partial charge in [0.25, 0.3) is 5.91 Å². The SMILES string of the molecule is CC(C)Nc1ccccc1C(=O)NCC1CCCCC1C. The Morgan fingerprint density at radius 1 is 1.24 bits per heavy atom. The fourth-order valence-electron chi connectivity index (χ4n) is 3.13. The first-order chi connectivity index (χ1) is 10.1. The molecule has 21 heavy (non-hydrogen) atoms. The van der Waals surface area contributed by atoms with Crippen LogP contribution in [0.3, 0.4) is 0 Å². The second-order valence-electron chi connectivity index (χ2n) is 6.58. The zero-order valence-corrected chi connectivity index (χ0v) is 13.5. The molecule has 0 radical (unpaired) electrons. The van der Waals surface area contributed by atoms with E-state index in [-0.39, 0.29) is 5.91 Å². The Labute approximate surface area is 128 Å². The third kappa shape index (κ3) is 4.48. The molecule has 1 aromatic carbocycles. The fraction of sp³-hybridized carbons (Fsp3) is 0.611. The van der Waals surface area contributed by atoms with E-state index < -0.39 is 0 Å². The molecule has 2 atom stereocenters. The van der Waals surface area contributed by atoms with Crippen molar-refractivity contribution in [1.29, 1.82) is 0 Å². The molecule has 0 aromatic heterocycles. The van der Waals surface area contributed by atoms with Crippen LogP contribution in [0.2, 0.25) is 0 Å². The second kappa shape index (κ2) is 7.48. The van der Waals surface area contributed by atoms with E-state index in [0.29, 0.717) is 12.0 Å². The number of para-hydroxylation sites is 1. The minimum atomic E-state index is 0.0384. The quantitative estimate of drug-likeness (QED) is 0.857. The molecule has 0 spiro atoms. The van der Waals surface area contributed by atoms with Crippen LogP contribution < -0.4 is 10.6 Å². The average molecular weight is 288 g/mol. The standard InChI is InChI=1S/C18H28N2O/c1-13(2)20-17-11-7-6-10-16(17)18(21)19-12-15-9-5-4-8-14(15)3/h6-7,10-11,13-15,20H,4-5,8-9,12H2,1-3H3,(H,19,21). The van der Waals surface area contributed by atoms with Crippen LogP contribution in [0.4, 0.5) is 5.69 Å². The van der Waals surface area contributed by atoms with Gasteiger partial charge in [0.1, 0.15) is 0 Å². The number of rotatable bonds is 5. The van der Waals surface area contributed by atoms with Crippen LogP contribution in [-0.4, -0.2) is 18.5 Å². The maximum atomic E-state index is 12.4. The Balaban J connectivity index is 1.96. The summed E-state index contributed by atoms with van der Waals surface area (Å²) < 4.78 is 0. The smallest absolute Gasteiger partial charge is 0.253 e. The summed E-state index contributed by atoms with van der Waals surface area (Å²) in [5.41, 5.74) is 1.66. The van der Waals surface area contributed by atoms with Crippen molar-refractivity contribution in [2.45, 2.75) is 52.5 Å². The van der Waals surface area contributed by atoms with E-state index in [1.807, 2.05) is 24.3 Å². The summed E-state index contributed by atoms with van der Waals surface area (Å²) in [4.78, 5) is 12.4. The lowest BCUT2D eigenvalue weighted by Gasteiger charge is -2.28. The number of carbonyl (C=O) groups excluding carboxylic acids is 1. The van der Waals surface area contributed by atoms with E-state index in [2.05, 4.69) is 31.4 Å². The van der Waals surface area contributed by atoms with Gasteiger partial charge in [-0.15, -0.1) is 0 Å². The first-order valence-corrected chi connectivity index (χ1v) is 8.21. The molecule has 1 amide bonds. The lowest BCUT2D eigenvalue weighted by molar-refractivity contribution is 0.0937. The number of nitrogens with one attached hydrogen (secondary N) is 2.